The maximum Gasteiger partial charge on any atom is 0.283 e. The molecular formula is C32H32N4O5S. The third kappa shape index (κ3) is 6.83. The molecule has 3 aromatic carbocycles. The van der Waals surface area contributed by atoms with Gasteiger partial charge in [-0.15, -0.1) is 0 Å². The fraction of sp³-hybridized carbons (Fsp3) is 0.250. The van der Waals surface area contributed by atoms with Crippen LogP contribution in [0.3, 0.4) is 0 Å². The quantitative estimate of drug-likeness (QED) is 0.225. The fourth-order valence-corrected chi connectivity index (χ4v) is 4.97. The van der Waals surface area contributed by atoms with Crippen LogP contribution in [0, 0.1) is 5.41 Å². The Morgan fingerprint density at radius 3 is 2.33 bits per heavy atom. The van der Waals surface area contributed by atoms with Gasteiger partial charge in [0.25, 0.3) is 5.91 Å². The number of thioether (sulfide) groups is 1. The largest absolute Gasteiger partial charge is 0.493 e. The number of amidine groups is 2. The van der Waals surface area contributed by atoms with E-state index in [9.17, 15) is 4.79 Å². The van der Waals surface area contributed by atoms with Crippen LogP contribution >= 0.6 is 11.8 Å². The second kappa shape index (κ2) is 12.5. The number of carbonyl (C=O) groups is 1. The first-order valence-corrected chi connectivity index (χ1v) is 14.2. The Morgan fingerprint density at radius 1 is 0.905 bits per heavy atom. The van der Waals surface area contributed by atoms with Crippen molar-refractivity contribution in [3.8, 4) is 23.0 Å². The van der Waals surface area contributed by atoms with Gasteiger partial charge in [0, 0.05) is 0 Å². The monoisotopic (exact) mass is 584 g/mol. The molecule has 0 aliphatic carbocycles. The van der Waals surface area contributed by atoms with E-state index in [0.717, 1.165) is 5.75 Å². The minimum absolute atomic E-state index is 0.0563. The van der Waals surface area contributed by atoms with E-state index in [1.54, 1.807) is 31.4 Å². The van der Waals surface area contributed by atoms with Crippen molar-refractivity contribution in [2.75, 3.05) is 26.9 Å². The Kier molecular flexibility index (Phi) is 8.63. The number of methoxy groups -OCH3 is 1. The Hall–Kier alpha value is -4.57. The molecule has 0 atom stereocenters. The van der Waals surface area contributed by atoms with E-state index < -0.39 is 5.91 Å². The maximum atomic E-state index is 12.8. The van der Waals surface area contributed by atoms with Crippen molar-refractivity contribution < 1.29 is 23.7 Å². The van der Waals surface area contributed by atoms with E-state index in [2.05, 4.69) is 43.0 Å². The Morgan fingerprint density at radius 2 is 1.62 bits per heavy atom. The minimum atomic E-state index is -0.508. The molecule has 2 aliphatic rings. The summed E-state index contributed by atoms with van der Waals surface area (Å²) in [6.45, 7) is 7.41. The molecule has 0 saturated heterocycles. The number of para-hydroxylation sites is 1. The third-order valence-corrected chi connectivity index (χ3v) is 7.31. The number of rotatable bonds is 10. The minimum Gasteiger partial charge on any atom is -0.493 e. The lowest BCUT2D eigenvalue weighted by molar-refractivity contribution is -0.114. The van der Waals surface area contributed by atoms with Crippen LogP contribution in [0.25, 0.3) is 6.08 Å². The number of aliphatic imine (C=N–C) groups is 1. The number of carbonyl (C=O) groups excluding carboxylic acids is 1. The fourth-order valence-electron chi connectivity index (χ4n) is 4.17. The van der Waals surface area contributed by atoms with Crippen molar-refractivity contribution in [1.82, 2.24) is 5.01 Å². The number of fused-ring (bicyclic) bond motifs is 1. The second-order valence-electron chi connectivity index (χ2n) is 10.5. The van der Waals surface area contributed by atoms with Crippen molar-refractivity contribution in [2.45, 2.75) is 26.2 Å². The molecule has 0 spiro atoms. The molecule has 216 valence electrons. The van der Waals surface area contributed by atoms with E-state index in [4.69, 9.17) is 24.4 Å². The van der Waals surface area contributed by atoms with Crippen LogP contribution in [0.5, 0.6) is 23.0 Å². The predicted molar refractivity (Wildman–Crippen MR) is 166 cm³/mol. The second-order valence-corrected chi connectivity index (χ2v) is 11.5. The lowest BCUT2D eigenvalue weighted by Gasteiger charge is -2.20. The molecule has 9 nitrogen and oxygen atoms in total. The molecule has 0 saturated carbocycles. The summed E-state index contributed by atoms with van der Waals surface area (Å²) in [4.78, 5) is 17.0. The highest BCUT2D eigenvalue weighted by molar-refractivity contribution is 8.27. The van der Waals surface area contributed by atoms with Gasteiger partial charge in [-0.1, -0.05) is 57.2 Å². The molecule has 1 amide bonds. The van der Waals surface area contributed by atoms with Gasteiger partial charge in [-0.25, -0.2) is 0 Å². The normalized spacial score (nSPS) is 15.7. The number of amides is 1. The molecule has 0 unspecified atom stereocenters. The van der Waals surface area contributed by atoms with Gasteiger partial charge in [0.05, 0.1) is 12.7 Å². The molecule has 3 aromatic rings. The predicted octanol–water partition coefficient (Wildman–Crippen LogP) is 6.15. The van der Waals surface area contributed by atoms with Crippen molar-refractivity contribution >= 4 is 39.8 Å². The van der Waals surface area contributed by atoms with Gasteiger partial charge in [-0.2, -0.15) is 15.1 Å². The van der Waals surface area contributed by atoms with Gasteiger partial charge in [-0.05, 0) is 70.8 Å². The zero-order valence-electron chi connectivity index (χ0n) is 23.9. The Balaban J connectivity index is 1.20. The number of hydrogen-bond acceptors (Lipinski definition) is 8. The van der Waals surface area contributed by atoms with E-state index in [0.29, 0.717) is 46.2 Å². The summed E-state index contributed by atoms with van der Waals surface area (Å²) in [5, 5.41) is 15.4. The molecule has 0 fully saturated rings. The van der Waals surface area contributed by atoms with Crippen LogP contribution in [0.4, 0.5) is 0 Å². The molecular weight excluding hydrogens is 552 g/mol. The number of benzene rings is 3. The van der Waals surface area contributed by atoms with Gasteiger partial charge in [-0.3, -0.25) is 10.2 Å². The van der Waals surface area contributed by atoms with E-state index in [1.807, 2.05) is 42.5 Å². The van der Waals surface area contributed by atoms with Crippen molar-refractivity contribution in [2.24, 2.45) is 10.1 Å². The SMILES string of the molecule is COc1cc(C=C2C(=N)N3N=C(COc4ccccc4)SC3=NC2=O)ccc1OCCOc1ccc(C(C)(C)C)cc1. The lowest BCUT2D eigenvalue weighted by Crippen LogP contribution is -2.35. The number of hydrogen-bond donors (Lipinski definition) is 1. The maximum absolute atomic E-state index is 12.8. The molecule has 2 aliphatic heterocycles. The first-order valence-electron chi connectivity index (χ1n) is 13.4. The molecule has 1 N–H and O–H groups in total. The molecule has 0 bridgehead atoms. The van der Waals surface area contributed by atoms with Gasteiger partial charge >= 0.3 is 0 Å². The summed E-state index contributed by atoms with van der Waals surface area (Å²) >= 11 is 1.21. The Bertz CT molecular complexity index is 1560. The average molecular weight is 585 g/mol. The summed E-state index contributed by atoms with van der Waals surface area (Å²) < 4.78 is 23.0. The van der Waals surface area contributed by atoms with Crippen LogP contribution in [0.1, 0.15) is 31.9 Å². The summed E-state index contributed by atoms with van der Waals surface area (Å²) in [5.74, 6) is 1.96. The highest BCUT2D eigenvalue weighted by atomic mass is 32.2. The van der Waals surface area contributed by atoms with Crippen LogP contribution in [-0.2, 0) is 10.2 Å². The van der Waals surface area contributed by atoms with Crippen molar-refractivity contribution in [3.63, 3.8) is 0 Å². The van der Waals surface area contributed by atoms with Crippen LogP contribution in [0.2, 0.25) is 0 Å². The van der Waals surface area contributed by atoms with Gasteiger partial charge in [0.2, 0.25) is 5.17 Å². The summed E-state index contributed by atoms with van der Waals surface area (Å²) in [6.07, 6.45) is 1.60. The summed E-state index contributed by atoms with van der Waals surface area (Å²) in [7, 11) is 1.55. The number of hydrazone groups is 1. The van der Waals surface area contributed by atoms with Gasteiger partial charge in [0.1, 0.15) is 36.4 Å². The van der Waals surface area contributed by atoms with Crippen molar-refractivity contribution in [1.29, 1.82) is 5.41 Å². The van der Waals surface area contributed by atoms with E-state index >= 15 is 0 Å². The third-order valence-electron chi connectivity index (χ3n) is 6.43. The number of ether oxygens (including phenoxy) is 4. The topological polar surface area (TPSA) is 106 Å². The standard InChI is InChI=1S/C32H32N4O5S/c1-32(2,3)22-11-13-24(14-12-22)39-16-17-40-26-15-10-21(19-27(26)38-4)18-25-29(33)36-31(34-30(25)37)42-28(35-36)20-41-23-8-6-5-7-9-23/h5-15,18-19,33H,16-17,20H2,1-4H3. The lowest BCUT2D eigenvalue weighted by atomic mass is 9.87. The van der Waals surface area contributed by atoms with E-state index in [1.165, 1.54) is 22.3 Å². The summed E-state index contributed by atoms with van der Waals surface area (Å²) in [5.41, 5.74) is 2.11. The average Bonchev–Trinajstić information content (AvgIpc) is 3.40. The Labute approximate surface area is 249 Å². The van der Waals surface area contributed by atoms with Crippen LogP contribution < -0.4 is 18.9 Å². The first kappa shape index (κ1) is 28.9. The zero-order valence-corrected chi connectivity index (χ0v) is 24.7. The van der Waals surface area contributed by atoms with Crippen LogP contribution in [0.15, 0.2) is 88.5 Å². The number of nitrogens with one attached hydrogen (secondary N) is 1. The summed E-state index contributed by atoms with van der Waals surface area (Å²) in [6, 6.07) is 22.7. The van der Waals surface area contributed by atoms with E-state index in [-0.39, 0.29) is 23.4 Å². The molecule has 2 heterocycles. The van der Waals surface area contributed by atoms with Crippen LogP contribution in [-0.4, -0.2) is 53.9 Å². The molecule has 5 rings (SSSR count). The van der Waals surface area contributed by atoms with Crippen molar-refractivity contribution in [3.05, 3.63) is 89.5 Å². The first-order chi connectivity index (χ1) is 20.2. The number of nitrogens with zero attached hydrogens (tertiary/aromatic N) is 3. The molecule has 0 aromatic heterocycles. The molecule has 0 radical (unpaired) electrons. The molecule has 10 heteroatoms. The smallest absolute Gasteiger partial charge is 0.283 e. The molecule has 42 heavy (non-hydrogen) atoms. The highest BCUT2D eigenvalue weighted by Gasteiger charge is 2.35. The van der Waals surface area contributed by atoms with Gasteiger partial charge in [0.15, 0.2) is 17.3 Å². The highest BCUT2D eigenvalue weighted by Crippen LogP contribution is 2.32. The zero-order chi connectivity index (χ0) is 29.7. The van der Waals surface area contributed by atoms with Gasteiger partial charge < -0.3 is 18.9 Å².